The molecule has 0 aliphatic heterocycles. The first kappa shape index (κ1) is 12.8. The fourth-order valence-corrected chi connectivity index (χ4v) is 1.67. The van der Waals surface area contributed by atoms with E-state index in [-0.39, 0.29) is 0 Å². The number of nitrogen functional groups attached to an aromatic ring is 1. The lowest BCUT2D eigenvalue weighted by Gasteiger charge is -2.11. The lowest BCUT2D eigenvalue weighted by Crippen LogP contribution is -2.12. The highest BCUT2D eigenvalue weighted by Gasteiger charge is 2.11. The van der Waals surface area contributed by atoms with Gasteiger partial charge in [-0.1, -0.05) is 13.0 Å². The van der Waals surface area contributed by atoms with Crippen molar-refractivity contribution in [2.75, 3.05) is 5.43 Å². The zero-order valence-corrected chi connectivity index (χ0v) is 10.4. The van der Waals surface area contributed by atoms with Gasteiger partial charge in [0, 0.05) is 0 Å². The molecular formula is C13H13N5O. The predicted molar refractivity (Wildman–Crippen MR) is 70.5 cm³/mol. The number of benzene rings is 1. The zero-order chi connectivity index (χ0) is 13.7. The largest absolute Gasteiger partial charge is 0.439 e. The molecule has 19 heavy (non-hydrogen) atoms. The Kier molecular flexibility index (Phi) is 3.90. The first-order valence-corrected chi connectivity index (χ1v) is 5.77. The second-order valence-electron chi connectivity index (χ2n) is 3.75. The summed E-state index contributed by atoms with van der Waals surface area (Å²) in [5.41, 5.74) is 3.83. The van der Waals surface area contributed by atoms with Crippen molar-refractivity contribution < 1.29 is 4.74 Å². The molecule has 96 valence electrons. The number of hydrazine groups is 1. The molecule has 1 aromatic heterocycles. The van der Waals surface area contributed by atoms with E-state index in [1.54, 1.807) is 24.3 Å². The summed E-state index contributed by atoms with van der Waals surface area (Å²) in [6.45, 7) is 1.96. The number of hydrogen-bond acceptors (Lipinski definition) is 6. The van der Waals surface area contributed by atoms with Gasteiger partial charge >= 0.3 is 0 Å². The van der Waals surface area contributed by atoms with Crippen molar-refractivity contribution in [3.63, 3.8) is 0 Å². The summed E-state index contributed by atoms with van der Waals surface area (Å²) in [5, 5.41) is 8.85. The van der Waals surface area contributed by atoms with Crippen molar-refractivity contribution in [1.29, 1.82) is 5.26 Å². The predicted octanol–water partition coefficient (Wildman–Crippen LogP) is 1.99. The van der Waals surface area contributed by atoms with Crippen LogP contribution in [0.5, 0.6) is 11.6 Å². The third-order valence-electron chi connectivity index (χ3n) is 2.57. The molecule has 0 bridgehead atoms. The minimum absolute atomic E-state index is 0.431. The van der Waals surface area contributed by atoms with Gasteiger partial charge in [0.1, 0.15) is 17.9 Å². The van der Waals surface area contributed by atoms with Crippen LogP contribution < -0.4 is 16.0 Å². The summed E-state index contributed by atoms with van der Waals surface area (Å²) in [6.07, 6.45) is 2.05. The molecule has 0 fully saturated rings. The third-order valence-corrected chi connectivity index (χ3v) is 2.57. The summed E-state index contributed by atoms with van der Waals surface area (Å²) >= 11 is 0. The molecule has 0 spiro atoms. The highest BCUT2D eigenvalue weighted by Crippen LogP contribution is 2.27. The van der Waals surface area contributed by atoms with Crippen molar-refractivity contribution in [3.8, 4) is 17.7 Å². The van der Waals surface area contributed by atoms with E-state index in [9.17, 15) is 0 Å². The van der Waals surface area contributed by atoms with Gasteiger partial charge < -0.3 is 10.2 Å². The molecule has 1 heterocycles. The normalized spacial score (nSPS) is 9.74. The number of anilines is 1. The third kappa shape index (κ3) is 2.78. The Morgan fingerprint density at radius 2 is 2.26 bits per heavy atom. The van der Waals surface area contributed by atoms with Crippen molar-refractivity contribution in [3.05, 3.63) is 41.7 Å². The Morgan fingerprint density at radius 3 is 2.95 bits per heavy atom. The molecule has 1 aromatic carbocycles. The number of nitriles is 1. The van der Waals surface area contributed by atoms with Gasteiger partial charge in [0.25, 0.3) is 0 Å². The van der Waals surface area contributed by atoms with E-state index >= 15 is 0 Å². The lowest BCUT2D eigenvalue weighted by molar-refractivity contribution is 0.455. The monoisotopic (exact) mass is 255 g/mol. The molecule has 0 aliphatic rings. The van der Waals surface area contributed by atoms with Gasteiger partial charge in [0.15, 0.2) is 0 Å². The van der Waals surface area contributed by atoms with Crippen LogP contribution in [0.25, 0.3) is 0 Å². The molecule has 0 aliphatic carbocycles. The van der Waals surface area contributed by atoms with Crippen LogP contribution in [-0.4, -0.2) is 9.97 Å². The second-order valence-corrected chi connectivity index (χ2v) is 3.75. The number of nitrogens with two attached hydrogens (primary N) is 1. The van der Waals surface area contributed by atoms with Crippen LogP contribution in [0.3, 0.4) is 0 Å². The van der Waals surface area contributed by atoms with E-state index in [4.69, 9.17) is 15.8 Å². The SMILES string of the molecule is CCc1c(NN)ncnc1Oc1cccc(C#N)c1. The maximum atomic E-state index is 8.85. The molecule has 6 heteroatoms. The standard InChI is InChI=1S/C13H13N5O/c1-2-11-12(18-15)16-8-17-13(11)19-10-5-3-4-9(6-10)7-14/h3-6,8H,2,15H2,1H3,(H,16,17,18). The Balaban J connectivity index is 2.35. The van der Waals surface area contributed by atoms with E-state index in [0.29, 0.717) is 29.4 Å². The van der Waals surface area contributed by atoms with Gasteiger partial charge in [-0.15, -0.1) is 0 Å². The van der Waals surface area contributed by atoms with Crippen LogP contribution in [-0.2, 0) is 6.42 Å². The van der Waals surface area contributed by atoms with Crippen LogP contribution in [0.15, 0.2) is 30.6 Å². The van der Waals surface area contributed by atoms with E-state index in [2.05, 4.69) is 21.5 Å². The zero-order valence-electron chi connectivity index (χ0n) is 10.4. The second kappa shape index (κ2) is 5.80. The van der Waals surface area contributed by atoms with Crippen LogP contribution >= 0.6 is 0 Å². The molecule has 0 saturated carbocycles. The van der Waals surface area contributed by atoms with Gasteiger partial charge in [-0.2, -0.15) is 5.26 Å². The maximum Gasteiger partial charge on any atom is 0.227 e. The number of rotatable bonds is 4. The van der Waals surface area contributed by atoms with Crippen molar-refractivity contribution >= 4 is 5.82 Å². The smallest absolute Gasteiger partial charge is 0.227 e. The summed E-state index contributed by atoms with van der Waals surface area (Å²) in [4.78, 5) is 8.12. The summed E-state index contributed by atoms with van der Waals surface area (Å²) in [7, 11) is 0. The molecule has 0 atom stereocenters. The van der Waals surface area contributed by atoms with E-state index in [1.807, 2.05) is 6.92 Å². The molecule has 0 amide bonds. The van der Waals surface area contributed by atoms with Gasteiger partial charge in [-0.3, -0.25) is 0 Å². The summed E-state index contributed by atoms with van der Waals surface area (Å²) < 4.78 is 5.69. The van der Waals surface area contributed by atoms with E-state index in [0.717, 1.165) is 5.56 Å². The van der Waals surface area contributed by atoms with Gasteiger partial charge in [0.2, 0.25) is 5.88 Å². The molecule has 0 saturated heterocycles. The van der Waals surface area contributed by atoms with Crippen molar-refractivity contribution in [1.82, 2.24) is 9.97 Å². The quantitative estimate of drug-likeness (QED) is 0.640. The highest BCUT2D eigenvalue weighted by atomic mass is 16.5. The van der Waals surface area contributed by atoms with Gasteiger partial charge in [-0.05, 0) is 24.6 Å². The summed E-state index contributed by atoms with van der Waals surface area (Å²) in [5.74, 6) is 6.91. The fraction of sp³-hybridized carbons (Fsp3) is 0.154. The first-order chi connectivity index (χ1) is 9.28. The molecular weight excluding hydrogens is 242 g/mol. The Hall–Kier alpha value is -2.65. The van der Waals surface area contributed by atoms with Crippen LogP contribution in [0.2, 0.25) is 0 Å². The number of ether oxygens (including phenoxy) is 1. The topological polar surface area (TPSA) is 96.8 Å². The Bertz CT molecular complexity index is 621. The molecule has 2 aromatic rings. The molecule has 3 N–H and O–H groups in total. The molecule has 6 nitrogen and oxygen atoms in total. The molecule has 2 rings (SSSR count). The average Bonchev–Trinajstić information content (AvgIpc) is 2.47. The van der Waals surface area contributed by atoms with Crippen LogP contribution in [0, 0.1) is 11.3 Å². The van der Waals surface area contributed by atoms with Crippen molar-refractivity contribution in [2.45, 2.75) is 13.3 Å². The number of nitrogens with zero attached hydrogens (tertiary/aromatic N) is 3. The maximum absolute atomic E-state index is 8.85. The number of aromatic nitrogens is 2. The summed E-state index contributed by atoms with van der Waals surface area (Å²) in [6, 6.07) is 8.93. The van der Waals surface area contributed by atoms with Crippen LogP contribution in [0.1, 0.15) is 18.1 Å². The first-order valence-electron chi connectivity index (χ1n) is 5.77. The fourth-order valence-electron chi connectivity index (χ4n) is 1.67. The number of nitrogens with one attached hydrogen (secondary N) is 1. The molecule has 0 radical (unpaired) electrons. The van der Waals surface area contributed by atoms with Crippen LogP contribution in [0.4, 0.5) is 5.82 Å². The van der Waals surface area contributed by atoms with Gasteiger partial charge in [0.05, 0.1) is 17.2 Å². The Morgan fingerprint density at radius 1 is 1.42 bits per heavy atom. The average molecular weight is 255 g/mol. The van der Waals surface area contributed by atoms with Crippen molar-refractivity contribution in [2.24, 2.45) is 5.84 Å². The lowest BCUT2D eigenvalue weighted by atomic mass is 10.2. The number of hydrogen-bond donors (Lipinski definition) is 2. The van der Waals surface area contributed by atoms with Gasteiger partial charge in [-0.25, -0.2) is 15.8 Å². The minimum atomic E-state index is 0.431. The van der Waals surface area contributed by atoms with E-state index in [1.165, 1.54) is 6.33 Å². The van der Waals surface area contributed by atoms with E-state index < -0.39 is 0 Å². The highest BCUT2D eigenvalue weighted by molar-refractivity contribution is 5.49. The Labute approximate surface area is 110 Å². The minimum Gasteiger partial charge on any atom is -0.439 e. The molecule has 0 unspecified atom stereocenters.